The predicted octanol–water partition coefficient (Wildman–Crippen LogP) is 6.72. The molecule has 1 aliphatic heterocycles. The topological polar surface area (TPSA) is 89.7 Å². The third-order valence-electron chi connectivity index (χ3n) is 8.27. The number of ether oxygens (including phenoxy) is 1. The number of piperidine rings is 1. The minimum absolute atomic E-state index is 0.0327. The largest absolute Gasteiger partial charge is 0.373 e. The fraction of sp³-hybridized carbons (Fsp3) is 0.467. The molecule has 3 aromatic rings. The number of hydrogen-bond acceptors (Lipinski definition) is 7. The van der Waals surface area contributed by atoms with Crippen LogP contribution in [-0.2, 0) is 21.2 Å². The van der Waals surface area contributed by atoms with Crippen LogP contribution in [0.25, 0.3) is 11.3 Å². The number of benzene rings is 2. The average molecular weight is 604 g/mol. The molecule has 2 saturated carbocycles. The minimum atomic E-state index is -3.36. The van der Waals surface area contributed by atoms with E-state index < -0.39 is 15.6 Å². The molecule has 40 heavy (non-hydrogen) atoms. The Kier molecular flexibility index (Phi) is 7.72. The van der Waals surface area contributed by atoms with E-state index in [0.29, 0.717) is 57.8 Å². The van der Waals surface area contributed by atoms with Gasteiger partial charge in [0.15, 0.2) is 15.6 Å². The first-order valence-corrected chi connectivity index (χ1v) is 16.5. The summed E-state index contributed by atoms with van der Waals surface area (Å²) in [5.74, 6) is 0.888. The van der Waals surface area contributed by atoms with E-state index >= 15 is 0 Å². The van der Waals surface area contributed by atoms with Crippen molar-refractivity contribution in [2.75, 3.05) is 23.0 Å². The van der Waals surface area contributed by atoms with Crippen LogP contribution in [0, 0.1) is 5.92 Å². The van der Waals surface area contributed by atoms with E-state index in [4.69, 9.17) is 32.5 Å². The van der Waals surface area contributed by atoms with Crippen molar-refractivity contribution < 1.29 is 22.5 Å². The van der Waals surface area contributed by atoms with Crippen LogP contribution in [0.5, 0.6) is 0 Å². The number of ketones is 1. The van der Waals surface area contributed by atoms with Gasteiger partial charge in [0.05, 0.1) is 28.5 Å². The molecule has 3 fully saturated rings. The zero-order chi connectivity index (χ0) is 28.0. The maximum absolute atomic E-state index is 12.5. The molecular weight excluding hydrogens is 571 g/mol. The van der Waals surface area contributed by atoms with Gasteiger partial charge in [-0.1, -0.05) is 41.3 Å². The molecule has 1 saturated heterocycles. The Morgan fingerprint density at radius 2 is 1.82 bits per heavy atom. The fourth-order valence-electron chi connectivity index (χ4n) is 6.17. The smallest absolute Gasteiger partial charge is 0.177 e. The zero-order valence-electron chi connectivity index (χ0n) is 22.3. The Hall–Kier alpha value is -2.39. The Balaban J connectivity index is 1.11. The molecule has 2 aromatic carbocycles. The number of hydrogen-bond donors (Lipinski definition) is 0. The molecule has 2 aliphatic carbocycles. The van der Waals surface area contributed by atoms with E-state index in [9.17, 15) is 13.2 Å². The van der Waals surface area contributed by atoms with Crippen molar-refractivity contribution in [3.8, 4) is 11.3 Å². The Morgan fingerprint density at radius 3 is 2.45 bits per heavy atom. The molecule has 0 radical (unpaired) electrons. The van der Waals surface area contributed by atoms with Crippen molar-refractivity contribution in [2.45, 2.75) is 63.7 Å². The van der Waals surface area contributed by atoms with Gasteiger partial charge in [-0.25, -0.2) is 8.42 Å². The Labute approximate surface area is 244 Å². The van der Waals surface area contributed by atoms with Crippen LogP contribution >= 0.6 is 23.2 Å². The van der Waals surface area contributed by atoms with Crippen LogP contribution in [-0.4, -0.2) is 49.6 Å². The quantitative estimate of drug-likeness (QED) is 0.225. The lowest BCUT2D eigenvalue weighted by Crippen LogP contribution is -2.38. The van der Waals surface area contributed by atoms with Crippen molar-refractivity contribution >= 4 is 44.5 Å². The molecular formula is C30H32Cl2N2O5S. The molecule has 7 nitrogen and oxygen atoms in total. The molecule has 3 atom stereocenters. The maximum atomic E-state index is 12.5. The molecule has 0 N–H and O–H groups in total. The van der Waals surface area contributed by atoms with E-state index in [1.54, 1.807) is 31.2 Å². The van der Waals surface area contributed by atoms with E-state index in [-0.39, 0.29) is 17.6 Å². The van der Waals surface area contributed by atoms with Crippen LogP contribution in [0.15, 0.2) is 47.0 Å². The first-order valence-electron chi connectivity index (χ1n) is 13.9. The summed E-state index contributed by atoms with van der Waals surface area (Å²) in [5.41, 5.74) is 3.77. The first-order chi connectivity index (χ1) is 19.2. The number of aromatic nitrogens is 1. The summed E-state index contributed by atoms with van der Waals surface area (Å²) in [6, 6.07) is 13.1. The van der Waals surface area contributed by atoms with Crippen LogP contribution in [0.2, 0.25) is 10.0 Å². The van der Waals surface area contributed by atoms with Gasteiger partial charge in [0.1, 0.15) is 17.2 Å². The third kappa shape index (κ3) is 5.56. The number of halogens is 2. The monoisotopic (exact) mass is 602 g/mol. The van der Waals surface area contributed by atoms with Crippen LogP contribution < -0.4 is 4.90 Å². The number of carbonyl (C=O) groups excluding carboxylic acids is 1. The minimum Gasteiger partial charge on any atom is -0.373 e. The summed E-state index contributed by atoms with van der Waals surface area (Å²) in [7, 11) is -3.36. The highest BCUT2D eigenvalue weighted by Gasteiger charge is 2.45. The predicted molar refractivity (Wildman–Crippen MR) is 156 cm³/mol. The summed E-state index contributed by atoms with van der Waals surface area (Å²) < 4.78 is 36.4. The molecule has 2 bridgehead atoms. The van der Waals surface area contributed by atoms with Gasteiger partial charge in [0, 0.05) is 46.8 Å². The second kappa shape index (κ2) is 11.1. The van der Waals surface area contributed by atoms with Crippen molar-refractivity contribution in [1.82, 2.24) is 5.16 Å². The summed E-state index contributed by atoms with van der Waals surface area (Å²) >= 11 is 13.0. The number of Topliss-reactive ketones (excluding diaryl/α,β-unsaturated/α-hetero) is 1. The summed E-state index contributed by atoms with van der Waals surface area (Å²) in [6.45, 7) is 3.07. The highest BCUT2D eigenvalue weighted by molar-refractivity contribution is 7.92. The number of anilines is 1. The lowest BCUT2D eigenvalue weighted by molar-refractivity contribution is 0.0122. The summed E-state index contributed by atoms with van der Waals surface area (Å²) in [4.78, 5) is 14.9. The zero-order valence-corrected chi connectivity index (χ0v) is 24.6. The molecule has 2 heterocycles. The SMILES string of the molecule is CCCS(=O)(=O)CC(=O)c1ccc(N2C[C@@H]3C[C@H]2C[C@H]3OCc2c(-c3c(Cl)cccc3Cl)noc2C2CC2)cc1. The Morgan fingerprint density at radius 1 is 1.10 bits per heavy atom. The number of fused-ring (bicyclic) bond motifs is 2. The second-order valence-corrected chi connectivity index (χ2v) is 14.2. The maximum Gasteiger partial charge on any atom is 0.177 e. The van der Waals surface area contributed by atoms with Gasteiger partial charge in [0.2, 0.25) is 0 Å². The van der Waals surface area contributed by atoms with Gasteiger partial charge >= 0.3 is 0 Å². The van der Waals surface area contributed by atoms with Crippen molar-refractivity contribution in [3.63, 3.8) is 0 Å². The van der Waals surface area contributed by atoms with E-state index in [1.165, 1.54) is 0 Å². The average Bonchev–Trinajstić information content (AvgIpc) is 3.37. The highest BCUT2D eigenvalue weighted by atomic mass is 35.5. The van der Waals surface area contributed by atoms with Crippen LogP contribution in [0.4, 0.5) is 5.69 Å². The van der Waals surface area contributed by atoms with Gasteiger partial charge in [-0.2, -0.15) is 0 Å². The fourth-order valence-corrected chi connectivity index (χ4v) is 8.08. The van der Waals surface area contributed by atoms with E-state index in [1.807, 2.05) is 18.2 Å². The lowest BCUT2D eigenvalue weighted by atomic mass is 10.0. The van der Waals surface area contributed by atoms with Crippen LogP contribution in [0.3, 0.4) is 0 Å². The van der Waals surface area contributed by atoms with Crippen molar-refractivity contribution in [3.05, 3.63) is 69.4 Å². The standard InChI is InChI=1S/C30H32Cl2N2O5S/c1-2-12-40(36,37)17-26(35)18-8-10-21(11-9-18)34-15-20-13-22(34)14-27(20)38-16-23-29(33-39-30(23)19-6-7-19)28-24(31)4-3-5-25(28)32/h3-5,8-11,19-20,22,27H,2,6-7,12-17H2,1H3/t20-,22-,27+/m0/s1. The summed E-state index contributed by atoms with van der Waals surface area (Å²) in [6.07, 6.45) is 4.76. The molecule has 0 unspecified atom stereocenters. The van der Waals surface area contributed by atoms with Crippen molar-refractivity contribution in [2.24, 2.45) is 5.92 Å². The van der Waals surface area contributed by atoms with Gasteiger partial charge in [-0.3, -0.25) is 4.79 Å². The molecule has 6 rings (SSSR count). The normalized spacial score (nSPS) is 22.3. The summed E-state index contributed by atoms with van der Waals surface area (Å²) in [5, 5.41) is 5.45. The molecule has 3 aliphatic rings. The first kappa shape index (κ1) is 27.8. The number of carbonyl (C=O) groups is 1. The van der Waals surface area contributed by atoms with Crippen LogP contribution in [0.1, 0.15) is 66.6 Å². The van der Waals surface area contributed by atoms with E-state index in [0.717, 1.165) is 49.2 Å². The number of nitrogens with zero attached hydrogens (tertiary/aromatic N) is 2. The molecule has 1 aromatic heterocycles. The second-order valence-electron chi connectivity index (χ2n) is 11.2. The highest BCUT2D eigenvalue weighted by Crippen LogP contribution is 2.47. The van der Waals surface area contributed by atoms with Crippen molar-refractivity contribution in [1.29, 1.82) is 0 Å². The van der Waals surface area contributed by atoms with E-state index in [2.05, 4.69) is 10.1 Å². The lowest BCUT2D eigenvalue weighted by Gasteiger charge is -2.33. The van der Waals surface area contributed by atoms with Gasteiger partial charge in [-0.15, -0.1) is 0 Å². The molecule has 10 heteroatoms. The molecule has 212 valence electrons. The number of rotatable bonds is 11. The number of sulfone groups is 1. The van der Waals surface area contributed by atoms with Gasteiger partial charge < -0.3 is 14.2 Å². The van der Waals surface area contributed by atoms with Gasteiger partial charge in [-0.05, 0) is 68.5 Å². The Bertz CT molecular complexity index is 1500. The molecule has 0 spiro atoms. The molecule has 0 amide bonds. The van der Waals surface area contributed by atoms with Gasteiger partial charge in [0.25, 0.3) is 0 Å². The third-order valence-corrected chi connectivity index (χ3v) is 10.6.